The zero-order valence-electron chi connectivity index (χ0n) is 22.2. The van der Waals surface area contributed by atoms with E-state index in [1.54, 1.807) is 30.5 Å². The molecule has 4 N–H and O–H groups in total. The molecule has 0 spiro atoms. The highest BCUT2D eigenvalue weighted by Crippen LogP contribution is 2.23. The molecule has 1 unspecified atom stereocenters. The van der Waals surface area contributed by atoms with Gasteiger partial charge in [-0.2, -0.15) is 0 Å². The predicted octanol–water partition coefficient (Wildman–Crippen LogP) is 1.75. The minimum atomic E-state index is -3.84. The van der Waals surface area contributed by atoms with Gasteiger partial charge in [0, 0.05) is 25.2 Å². The van der Waals surface area contributed by atoms with E-state index in [0.29, 0.717) is 31.4 Å². The van der Waals surface area contributed by atoms with Crippen molar-refractivity contribution in [2.75, 3.05) is 12.3 Å². The first-order valence-corrected chi connectivity index (χ1v) is 15.2. The summed E-state index contributed by atoms with van der Waals surface area (Å²) in [7, 11) is -3.84. The topological polar surface area (TPSA) is 147 Å². The number of hydrogen-bond donors (Lipinski definition) is 3. The molecule has 0 radical (unpaired) electrons. The van der Waals surface area contributed by atoms with Crippen LogP contribution in [0.25, 0.3) is 0 Å². The molecular formula is C29H34N6O4S. The first-order chi connectivity index (χ1) is 19.3. The van der Waals surface area contributed by atoms with Crippen LogP contribution in [0, 0.1) is 0 Å². The molecule has 11 heteroatoms. The fourth-order valence-corrected chi connectivity index (χ4v) is 6.85. The molecule has 1 aliphatic heterocycles. The molecule has 3 aromatic rings. The number of rotatable bonds is 9. The molecule has 2 amide bonds. The Labute approximate surface area is 234 Å². The van der Waals surface area contributed by atoms with Gasteiger partial charge < -0.3 is 16.0 Å². The third-order valence-electron chi connectivity index (χ3n) is 7.46. The quantitative estimate of drug-likeness (QED) is 0.360. The second-order valence-corrected chi connectivity index (χ2v) is 12.2. The summed E-state index contributed by atoms with van der Waals surface area (Å²) in [5.74, 6) is -0.662. The molecule has 1 aliphatic carbocycles. The van der Waals surface area contributed by atoms with Crippen molar-refractivity contribution in [1.29, 1.82) is 0 Å². The fourth-order valence-electron chi connectivity index (χ4n) is 5.51. The number of carbonyl (C=O) groups excluding carboxylic acids is 2. The number of nitrogens with one attached hydrogen (secondary N) is 2. The maximum Gasteiger partial charge on any atom is 0.243 e. The smallest absolute Gasteiger partial charge is 0.243 e. The van der Waals surface area contributed by atoms with Gasteiger partial charge in [0.2, 0.25) is 27.8 Å². The summed E-state index contributed by atoms with van der Waals surface area (Å²) in [5, 5.41) is 3.10. The maximum absolute atomic E-state index is 13.9. The molecule has 5 rings (SSSR count). The van der Waals surface area contributed by atoms with Gasteiger partial charge in [0.05, 0.1) is 11.4 Å². The van der Waals surface area contributed by atoms with Crippen molar-refractivity contribution >= 4 is 27.8 Å². The van der Waals surface area contributed by atoms with E-state index in [0.717, 1.165) is 29.7 Å². The Bertz CT molecular complexity index is 1450. The number of fused-ring (bicyclic) bond motifs is 1. The molecular weight excluding hydrogens is 528 g/mol. The van der Waals surface area contributed by atoms with Crippen molar-refractivity contribution in [3.05, 3.63) is 89.2 Å². The summed E-state index contributed by atoms with van der Waals surface area (Å²) < 4.78 is 28.9. The average molecular weight is 563 g/mol. The van der Waals surface area contributed by atoms with Crippen molar-refractivity contribution in [1.82, 2.24) is 24.9 Å². The minimum Gasteiger partial charge on any atom is -0.368 e. The zero-order valence-corrected chi connectivity index (χ0v) is 23.0. The summed E-state index contributed by atoms with van der Waals surface area (Å²) in [4.78, 5) is 37.2. The van der Waals surface area contributed by atoms with Gasteiger partial charge in [-0.05, 0) is 48.8 Å². The normalized spacial score (nSPS) is 19.6. The van der Waals surface area contributed by atoms with E-state index in [9.17, 15) is 18.0 Å². The lowest BCUT2D eigenvalue weighted by Crippen LogP contribution is -2.55. The Morgan fingerprint density at radius 3 is 2.45 bits per heavy atom. The van der Waals surface area contributed by atoms with E-state index in [1.807, 2.05) is 36.4 Å². The molecule has 0 bridgehead atoms. The molecule has 1 saturated heterocycles. The predicted molar refractivity (Wildman–Crippen MR) is 151 cm³/mol. The number of carbonyl (C=O) groups is 2. The molecule has 0 saturated carbocycles. The van der Waals surface area contributed by atoms with Crippen LogP contribution in [-0.4, -0.2) is 59.8 Å². The van der Waals surface area contributed by atoms with Crippen LogP contribution in [0.2, 0.25) is 0 Å². The van der Waals surface area contributed by atoms with E-state index in [2.05, 4.69) is 20.0 Å². The second kappa shape index (κ2) is 12.1. The highest BCUT2D eigenvalue weighted by molar-refractivity contribution is 7.88. The van der Waals surface area contributed by atoms with E-state index < -0.39 is 28.0 Å². The van der Waals surface area contributed by atoms with Gasteiger partial charge in [0.25, 0.3) is 0 Å². The number of hydrogen-bond acceptors (Lipinski definition) is 7. The van der Waals surface area contributed by atoms with Gasteiger partial charge in [-0.25, -0.2) is 23.1 Å². The molecule has 40 heavy (non-hydrogen) atoms. The lowest BCUT2D eigenvalue weighted by molar-refractivity contribution is -0.140. The van der Waals surface area contributed by atoms with Crippen LogP contribution in [0.15, 0.2) is 66.9 Å². The van der Waals surface area contributed by atoms with Gasteiger partial charge in [0.1, 0.15) is 12.1 Å². The van der Waals surface area contributed by atoms with E-state index >= 15 is 0 Å². The van der Waals surface area contributed by atoms with Crippen molar-refractivity contribution in [3.63, 3.8) is 0 Å². The number of sulfonamides is 1. The lowest BCUT2D eigenvalue weighted by Gasteiger charge is -2.31. The van der Waals surface area contributed by atoms with Gasteiger partial charge >= 0.3 is 0 Å². The van der Waals surface area contributed by atoms with Gasteiger partial charge in [0.15, 0.2) is 0 Å². The number of anilines is 1. The van der Waals surface area contributed by atoms with Crippen LogP contribution in [-0.2, 0) is 44.6 Å². The Kier molecular flexibility index (Phi) is 8.41. The monoisotopic (exact) mass is 562 g/mol. The van der Waals surface area contributed by atoms with Crippen molar-refractivity contribution < 1.29 is 18.0 Å². The van der Waals surface area contributed by atoms with Gasteiger partial charge in [-0.1, -0.05) is 60.7 Å². The summed E-state index contributed by atoms with van der Waals surface area (Å²) in [5.41, 5.74) is 9.06. The maximum atomic E-state index is 13.9. The van der Waals surface area contributed by atoms with Crippen LogP contribution < -0.4 is 15.8 Å². The number of aromatic nitrogens is 2. The number of amides is 2. The Hall–Kier alpha value is -3.83. The fraction of sp³-hybridized carbons (Fsp3) is 0.379. The first-order valence-electron chi connectivity index (χ1n) is 13.6. The first kappa shape index (κ1) is 27.7. The molecule has 210 valence electrons. The molecule has 2 aromatic carbocycles. The number of aryl methyl sites for hydroxylation is 1. The summed E-state index contributed by atoms with van der Waals surface area (Å²) in [6.07, 6.45) is 5.11. The standard InChI is InChI=1S/C29H34N6O4S/c30-29-31-18-22-13-14-23(17-24(22)33-29)32-27(36)26-12-7-15-35(26)28(37)25(16-20-8-3-1-4-9-20)34-40(38,39)19-21-10-5-2-6-11-21/h1-6,8-11,18,23,25-26,34H,7,12-17,19H2,(H,32,36)(H2,30,31,33)/t23?,25-,26+/m1/s1. The van der Waals surface area contributed by atoms with Crippen molar-refractivity contribution in [3.8, 4) is 0 Å². The summed E-state index contributed by atoms with van der Waals surface area (Å²) in [6, 6.07) is 16.3. The summed E-state index contributed by atoms with van der Waals surface area (Å²) in [6.45, 7) is 0.389. The lowest BCUT2D eigenvalue weighted by atomic mass is 9.92. The average Bonchev–Trinajstić information content (AvgIpc) is 3.43. The third kappa shape index (κ3) is 6.83. The molecule has 1 fully saturated rings. The van der Waals surface area contributed by atoms with E-state index in [-0.39, 0.29) is 30.1 Å². The second-order valence-electron chi connectivity index (χ2n) is 10.4. The number of nitrogens with two attached hydrogens (primary N) is 1. The molecule has 3 atom stereocenters. The van der Waals surface area contributed by atoms with Crippen LogP contribution in [0.4, 0.5) is 5.95 Å². The minimum absolute atomic E-state index is 0.128. The van der Waals surface area contributed by atoms with Crippen molar-refractivity contribution in [2.24, 2.45) is 0 Å². The Balaban J connectivity index is 1.30. The van der Waals surface area contributed by atoms with Crippen molar-refractivity contribution in [2.45, 2.75) is 62.4 Å². The highest BCUT2D eigenvalue weighted by Gasteiger charge is 2.39. The largest absolute Gasteiger partial charge is 0.368 e. The zero-order chi connectivity index (χ0) is 28.1. The van der Waals surface area contributed by atoms with Crippen LogP contribution in [0.3, 0.4) is 0 Å². The number of likely N-dealkylation sites (tertiary alicyclic amines) is 1. The van der Waals surface area contributed by atoms with Gasteiger partial charge in [-0.15, -0.1) is 0 Å². The Morgan fingerprint density at radius 2 is 1.73 bits per heavy atom. The van der Waals surface area contributed by atoms with E-state index in [4.69, 9.17) is 5.73 Å². The SMILES string of the molecule is Nc1ncc2c(n1)CC(NC(=O)[C@@H]1CCCN1C(=O)[C@@H](Cc1ccccc1)NS(=O)(=O)Cc1ccccc1)CC2. The van der Waals surface area contributed by atoms with Crippen LogP contribution in [0.1, 0.15) is 41.6 Å². The molecule has 10 nitrogen and oxygen atoms in total. The molecule has 2 heterocycles. The third-order valence-corrected chi connectivity index (χ3v) is 8.82. The number of nitrogens with zero attached hydrogens (tertiary/aromatic N) is 3. The summed E-state index contributed by atoms with van der Waals surface area (Å²) >= 11 is 0. The van der Waals surface area contributed by atoms with Crippen LogP contribution >= 0.6 is 0 Å². The Morgan fingerprint density at radius 1 is 1.02 bits per heavy atom. The highest BCUT2D eigenvalue weighted by atomic mass is 32.2. The van der Waals surface area contributed by atoms with E-state index in [1.165, 1.54) is 4.90 Å². The number of nitrogen functional groups attached to an aromatic ring is 1. The van der Waals surface area contributed by atoms with Gasteiger partial charge in [-0.3, -0.25) is 9.59 Å². The molecule has 2 aliphatic rings. The number of benzene rings is 2. The molecule has 1 aromatic heterocycles. The van der Waals surface area contributed by atoms with Crippen LogP contribution in [0.5, 0.6) is 0 Å².